The van der Waals surface area contributed by atoms with Crippen molar-refractivity contribution in [2.75, 3.05) is 25.0 Å². The molecule has 1 aromatic carbocycles. The molecule has 0 radical (unpaired) electrons. The molecular formula is C19H19N5O2. The summed E-state index contributed by atoms with van der Waals surface area (Å²) >= 11 is 0. The predicted molar refractivity (Wildman–Crippen MR) is 97.7 cm³/mol. The lowest BCUT2D eigenvalue weighted by Gasteiger charge is -2.25. The molecule has 7 heteroatoms. The molecule has 2 aliphatic heterocycles. The first kappa shape index (κ1) is 15.5. The molecule has 2 N–H and O–H groups in total. The molecule has 132 valence electrons. The van der Waals surface area contributed by atoms with Crippen LogP contribution in [0.3, 0.4) is 0 Å². The SMILES string of the molecule is O=C(CN1C[C@@H]2C[C@H]1CO2)Nc1cc2cc(-c3cn[nH]c3)ccc2cn1. The number of pyridine rings is 1. The summed E-state index contributed by atoms with van der Waals surface area (Å²) in [6.07, 6.45) is 6.78. The van der Waals surface area contributed by atoms with E-state index in [9.17, 15) is 4.79 Å². The zero-order chi connectivity index (χ0) is 17.5. The molecule has 4 heterocycles. The van der Waals surface area contributed by atoms with Crippen LogP contribution in [0.5, 0.6) is 0 Å². The quantitative estimate of drug-likeness (QED) is 0.753. The van der Waals surface area contributed by atoms with Gasteiger partial charge in [0, 0.05) is 35.9 Å². The van der Waals surface area contributed by atoms with Crippen molar-refractivity contribution < 1.29 is 9.53 Å². The van der Waals surface area contributed by atoms with Crippen molar-refractivity contribution in [1.82, 2.24) is 20.1 Å². The van der Waals surface area contributed by atoms with E-state index in [1.165, 1.54) is 0 Å². The Morgan fingerprint density at radius 2 is 2.23 bits per heavy atom. The number of hydrogen-bond donors (Lipinski definition) is 2. The number of amides is 1. The second-order valence-electron chi connectivity index (χ2n) is 6.94. The van der Waals surface area contributed by atoms with E-state index >= 15 is 0 Å². The number of aromatic nitrogens is 3. The lowest BCUT2D eigenvalue weighted by Crippen LogP contribution is -2.41. The van der Waals surface area contributed by atoms with Gasteiger partial charge in [-0.05, 0) is 29.5 Å². The van der Waals surface area contributed by atoms with Crippen LogP contribution < -0.4 is 5.32 Å². The maximum atomic E-state index is 12.4. The van der Waals surface area contributed by atoms with Gasteiger partial charge in [-0.25, -0.2) is 4.98 Å². The molecule has 0 aliphatic carbocycles. The number of ether oxygens (including phenoxy) is 1. The Morgan fingerprint density at radius 1 is 1.27 bits per heavy atom. The number of rotatable bonds is 4. The summed E-state index contributed by atoms with van der Waals surface area (Å²) in [7, 11) is 0. The molecule has 2 atom stereocenters. The van der Waals surface area contributed by atoms with E-state index in [2.05, 4.69) is 31.5 Å². The van der Waals surface area contributed by atoms with Crippen LogP contribution in [0.25, 0.3) is 21.9 Å². The molecule has 0 saturated carbocycles. The van der Waals surface area contributed by atoms with Gasteiger partial charge in [-0.1, -0.05) is 12.1 Å². The Labute approximate surface area is 150 Å². The van der Waals surface area contributed by atoms with Crippen molar-refractivity contribution in [1.29, 1.82) is 0 Å². The number of hydrogen-bond acceptors (Lipinski definition) is 5. The molecule has 3 aromatic rings. The first-order valence-electron chi connectivity index (χ1n) is 8.79. The van der Waals surface area contributed by atoms with Crippen molar-refractivity contribution in [3.05, 3.63) is 42.9 Å². The van der Waals surface area contributed by atoms with E-state index in [0.29, 0.717) is 24.5 Å². The minimum Gasteiger partial charge on any atom is -0.375 e. The number of anilines is 1. The fourth-order valence-corrected chi connectivity index (χ4v) is 3.84. The zero-order valence-electron chi connectivity index (χ0n) is 14.2. The fraction of sp³-hybridized carbons (Fsp3) is 0.316. The Bertz CT molecular complexity index is 956. The minimum absolute atomic E-state index is 0.0320. The summed E-state index contributed by atoms with van der Waals surface area (Å²) in [4.78, 5) is 19.0. The first-order valence-corrected chi connectivity index (χ1v) is 8.79. The van der Waals surface area contributed by atoms with E-state index < -0.39 is 0 Å². The Morgan fingerprint density at radius 3 is 3.00 bits per heavy atom. The van der Waals surface area contributed by atoms with E-state index in [-0.39, 0.29) is 5.91 Å². The number of nitrogens with zero attached hydrogens (tertiary/aromatic N) is 3. The van der Waals surface area contributed by atoms with Crippen LogP contribution in [-0.4, -0.2) is 57.8 Å². The summed E-state index contributed by atoms with van der Waals surface area (Å²) in [6.45, 7) is 1.97. The molecule has 2 aliphatic rings. The van der Waals surface area contributed by atoms with Crippen molar-refractivity contribution in [2.24, 2.45) is 0 Å². The van der Waals surface area contributed by atoms with Crippen molar-refractivity contribution in [2.45, 2.75) is 18.6 Å². The number of morpholine rings is 1. The van der Waals surface area contributed by atoms with E-state index in [1.54, 1.807) is 12.4 Å². The summed E-state index contributed by atoms with van der Waals surface area (Å²) in [6, 6.07) is 8.44. The average Bonchev–Trinajstić information content (AvgIpc) is 3.39. The van der Waals surface area contributed by atoms with Crippen LogP contribution in [0.4, 0.5) is 5.82 Å². The number of fused-ring (bicyclic) bond motifs is 3. The summed E-state index contributed by atoms with van der Waals surface area (Å²) in [5.41, 5.74) is 2.10. The van der Waals surface area contributed by atoms with E-state index in [4.69, 9.17) is 4.74 Å². The van der Waals surface area contributed by atoms with Gasteiger partial charge in [0.2, 0.25) is 5.91 Å². The second kappa shape index (κ2) is 6.19. The lowest BCUT2D eigenvalue weighted by molar-refractivity contribution is -0.118. The van der Waals surface area contributed by atoms with Gasteiger partial charge in [0.1, 0.15) is 5.82 Å². The van der Waals surface area contributed by atoms with Crippen molar-refractivity contribution in [3.63, 3.8) is 0 Å². The lowest BCUT2D eigenvalue weighted by atomic mass is 10.1. The van der Waals surface area contributed by atoms with Gasteiger partial charge >= 0.3 is 0 Å². The molecule has 26 heavy (non-hydrogen) atoms. The molecule has 2 saturated heterocycles. The number of carbonyl (C=O) groups excluding carboxylic acids is 1. The van der Waals surface area contributed by atoms with E-state index in [1.807, 2.05) is 24.4 Å². The smallest absolute Gasteiger partial charge is 0.239 e. The molecule has 2 aromatic heterocycles. The summed E-state index contributed by atoms with van der Waals surface area (Å²) in [5, 5.41) is 11.8. The van der Waals surface area contributed by atoms with Crippen LogP contribution >= 0.6 is 0 Å². The van der Waals surface area contributed by atoms with E-state index in [0.717, 1.165) is 41.5 Å². The molecule has 7 nitrogen and oxygen atoms in total. The average molecular weight is 349 g/mol. The normalized spacial score (nSPS) is 22.2. The molecule has 2 bridgehead atoms. The summed E-state index contributed by atoms with van der Waals surface area (Å²) < 4.78 is 5.58. The van der Waals surface area contributed by atoms with Gasteiger partial charge in [-0.3, -0.25) is 14.8 Å². The van der Waals surface area contributed by atoms with Gasteiger partial charge in [0.15, 0.2) is 0 Å². The van der Waals surface area contributed by atoms with Crippen LogP contribution in [0, 0.1) is 0 Å². The number of H-pyrrole nitrogens is 1. The topological polar surface area (TPSA) is 83.1 Å². The van der Waals surface area contributed by atoms with Gasteiger partial charge in [0.05, 0.1) is 25.5 Å². The monoisotopic (exact) mass is 349 g/mol. The summed E-state index contributed by atoms with van der Waals surface area (Å²) in [5.74, 6) is 0.544. The van der Waals surface area contributed by atoms with Crippen LogP contribution in [0.15, 0.2) is 42.9 Å². The highest BCUT2D eigenvalue weighted by Gasteiger charge is 2.39. The molecule has 0 unspecified atom stereocenters. The van der Waals surface area contributed by atoms with Crippen LogP contribution in [0.2, 0.25) is 0 Å². The third kappa shape index (κ3) is 2.85. The second-order valence-corrected chi connectivity index (χ2v) is 6.94. The largest absolute Gasteiger partial charge is 0.375 e. The highest BCUT2D eigenvalue weighted by molar-refractivity contribution is 5.94. The van der Waals surface area contributed by atoms with Crippen LogP contribution in [0.1, 0.15) is 6.42 Å². The Hall–Kier alpha value is -2.77. The van der Waals surface area contributed by atoms with Crippen molar-refractivity contribution >= 4 is 22.5 Å². The number of benzene rings is 1. The minimum atomic E-state index is -0.0320. The fourth-order valence-electron chi connectivity index (χ4n) is 3.84. The molecule has 0 spiro atoms. The first-order chi connectivity index (χ1) is 12.7. The number of aromatic amines is 1. The van der Waals surface area contributed by atoms with Gasteiger partial charge < -0.3 is 10.1 Å². The Balaban J connectivity index is 1.33. The highest BCUT2D eigenvalue weighted by Crippen LogP contribution is 2.28. The van der Waals surface area contributed by atoms with Crippen LogP contribution in [-0.2, 0) is 9.53 Å². The maximum Gasteiger partial charge on any atom is 0.239 e. The third-order valence-corrected chi connectivity index (χ3v) is 5.18. The molecular weight excluding hydrogens is 330 g/mol. The maximum absolute atomic E-state index is 12.4. The molecule has 1 amide bonds. The number of carbonyl (C=O) groups is 1. The standard InChI is InChI=1S/C19H19N5O2/c25-19(10-24-9-17-5-16(24)11-26-17)23-18-4-14-3-12(15-7-21-22-8-15)1-2-13(14)6-20-18/h1-4,6-8,16-17H,5,9-11H2,(H,21,22)(H,20,23,25)/t16-,17-/m0/s1. The third-order valence-electron chi connectivity index (χ3n) is 5.18. The number of nitrogens with one attached hydrogen (secondary N) is 2. The Kier molecular flexibility index (Phi) is 3.69. The van der Waals surface area contributed by atoms with Gasteiger partial charge in [-0.2, -0.15) is 5.10 Å². The van der Waals surface area contributed by atoms with Gasteiger partial charge in [-0.15, -0.1) is 0 Å². The highest BCUT2D eigenvalue weighted by atomic mass is 16.5. The predicted octanol–water partition coefficient (Wildman–Crippen LogP) is 2.04. The molecule has 2 fully saturated rings. The van der Waals surface area contributed by atoms with Crippen molar-refractivity contribution in [3.8, 4) is 11.1 Å². The zero-order valence-corrected chi connectivity index (χ0v) is 14.2. The number of likely N-dealkylation sites (tertiary alicyclic amines) is 1. The molecule has 5 rings (SSSR count). The van der Waals surface area contributed by atoms with Gasteiger partial charge in [0.25, 0.3) is 0 Å².